The highest BCUT2D eigenvalue weighted by Crippen LogP contribution is 2.33. The Bertz CT molecular complexity index is 1200. The molecule has 8 heteroatoms. The first-order valence-electron chi connectivity index (χ1n) is 8.02. The molecule has 1 N–H and O–H groups in total. The first kappa shape index (κ1) is 17.9. The van der Waals surface area contributed by atoms with Crippen LogP contribution in [0.3, 0.4) is 0 Å². The summed E-state index contributed by atoms with van der Waals surface area (Å²) in [6.07, 6.45) is 0. The lowest BCUT2D eigenvalue weighted by molar-refractivity contribution is -0.166. The minimum absolute atomic E-state index is 0.368. The van der Waals surface area contributed by atoms with Crippen LogP contribution in [0.4, 0.5) is 8.78 Å². The van der Waals surface area contributed by atoms with Gasteiger partial charge in [-0.3, -0.25) is 4.68 Å². The second-order valence-electron chi connectivity index (χ2n) is 6.26. The molecule has 0 bridgehead atoms. The number of carboxylic acids is 1. The number of nitrogens with zero attached hydrogens (tertiary/aromatic N) is 2. The molecule has 138 valence electrons. The summed E-state index contributed by atoms with van der Waals surface area (Å²) < 4.78 is 30.6. The molecule has 4 aromatic rings. The van der Waals surface area contributed by atoms with E-state index < -0.39 is 17.5 Å². The summed E-state index contributed by atoms with van der Waals surface area (Å²) in [5, 5.41) is 17.6. The van der Waals surface area contributed by atoms with E-state index in [1.807, 2.05) is 23.6 Å². The number of aryl methyl sites for hydroxylation is 1. The Labute approximate surface area is 161 Å². The summed E-state index contributed by atoms with van der Waals surface area (Å²) in [5.41, 5.74) is 1.55. The third-order valence-corrected chi connectivity index (χ3v) is 5.75. The highest BCUT2D eigenvalue weighted by molar-refractivity contribution is 7.17. The number of alkyl halides is 2. The average molecular weight is 407 g/mol. The molecule has 2 aromatic heterocycles. The fourth-order valence-electron chi connectivity index (χ4n) is 3.12. The summed E-state index contributed by atoms with van der Waals surface area (Å²) in [6.45, 7) is 2.16. The van der Waals surface area contributed by atoms with Gasteiger partial charge < -0.3 is 5.11 Å². The van der Waals surface area contributed by atoms with E-state index in [9.17, 15) is 13.6 Å². The molecule has 0 fully saturated rings. The second kappa shape index (κ2) is 6.28. The molecule has 2 aromatic carbocycles. The number of carboxylic acid groups (broad SMARTS) is 1. The molecule has 2 heterocycles. The van der Waals surface area contributed by atoms with Crippen LogP contribution in [0, 0.1) is 6.92 Å². The third kappa shape index (κ3) is 2.96. The van der Waals surface area contributed by atoms with E-state index >= 15 is 0 Å². The molecule has 0 aliphatic carbocycles. The molecule has 0 aliphatic rings. The molecule has 0 amide bonds. The van der Waals surface area contributed by atoms with Gasteiger partial charge in [-0.25, -0.2) is 4.79 Å². The quantitative estimate of drug-likeness (QED) is 0.491. The van der Waals surface area contributed by atoms with Crippen molar-refractivity contribution in [2.45, 2.75) is 19.4 Å². The fourth-order valence-corrected chi connectivity index (χ4v) is 4.22. The van der Waals surface area contributed by atoms with Gasteiger partial charge in [0, 0.05) is 20.7 Å². The van der Waals surface area contributed by atoms with Crippen molar-refractivity contribution in [3.8, 4) is 0 Å². The van der Waals surface area contributed by atoms with Crippen molar-refractivity contribution < 1.29 is 18.7 Å². The number of rotatable bonds is 4. The number of hydrogen-bond donors (Lipinski definition) is 1. The van der Waals surface area contributed by atoms with Gasteiger partial charge in [-0.1, -0.05) is 23.7 Å². The minimum Gasteiger partial charge on any atom is -0.477 e. The molecular formula is C19H13ClF2N2O2S. The Morgan fingerprint density at radius 2 is 2.04 bits per heavy atom. The zero-order valence-corrected chi connectivity index (χ0v) is 15.6. The lowest BCUT2D eigenvalue weighted by Crippen LogP contribution is -2.25. The Kier molecular flexibility index (Phi) is 4.16. The topological polar surface area (TPSA) is 55.1 Å². The van der Waals surface area contributed by atoms with Crippen LogP contribution in [0.25, 0.3) is 21.0 Å². The van der Waals surface area contributed by atoms with E-state index in [0.717, 1.165) is 21.7 Å². The van der Waals surface area contributed by atoms with Gasteiger partial charge in [0.1, 0.15) is 0 Å². The van der Waals surface area contributed by atoms with Gasteiger partial charge in [0.25, 0.3) is 0 Å². The first-order valence-corrected chi connectivity index (χ1v) is 9.27. The number of hydrogen-bond acceptors (Lipinski definition) is 3. The van der Waals surface area contributed by atoms with Gasteiger partial charge in [-0.15, -0.1) is 11.3 Å². The van der Waals surface area contributed by atoms with Crippen molar-refractivity contribution in [1.29, 1.82) is 0 Å². The largest absolute Gasteiger partial charge is 0.477 e. The van der Waals surface area contributed by atoms with E-state index in [0.29, 0.717) is 28.2 Å². The predicted octanol–water partition coefficient (Wildman–Crippen LogP) is 5.44. The van der Waals surface area contributed by atoms with Crippen molar-refractivity contribution >= 4 is 49.9 Å². The van der Waals surface area contributed by atoms with E-state index in [2.05, 4.69) is 5.10 Å². The second-order valence-corrected chi connectivity index (χ2v) is 7.60. The summed E-state index contributed by atoms with van der Waals surface area (Å²) in [4.78, 5) is 10.9. The molecule has 0 radical (unpaired) electrons. The van der Waals surface area contributed by atoms with Crippen LogP contribution in [-0.2, 0) is 17.3 Å². The molecule has 0 aliphatic heterocycles. The fraction of sp³-hybridized carbons (Fsp3) is 0.158. The Hall–Kier alpha value is -2.51. The normalized spacial score (nSPS) is 12.1. The SMILES string of the molecule is Cc1nn(Cc2csc3ccc(Cl)cc23)c2cc(C(F)(F)C(=O)O)ccc12. The monoisotopic (exact) mass is 406 g/mol. The van der Waals surface area contributed by atoms with Gasteiger partial charge >= 0.3 is 11.9 Å². The molecule has 0 saturated heterocycles. The van der Waals surface area contributed by atoms with Crippen LogP contribution < -0.4 is 0 Å². The van der Waals surface area contributed by atoms with Gasteiger partial charge in [-0.05, 0) is 47.5 Å². The summed E-state index contributed by atoms with van der Waals surface area (Å²) in [6, 6.07) is 9.44. The molecule has 0 saturated carbocycles. The Balaban J connectivity index is 1.83. The molecular weight excluding hydrogens is 394 g/mol. The van der Waals surface area contributed by atoms with Crippen LogP contribution in [0.5, 0.6) is 0 Å². The van der Waals surface area contributed by atoms with E-state index in [1.54, 1.807) is 22.9 Å². The summed E-state index contributed by atoms with van der Waals surface area (Å²) in [5.74, 6) is -6.14. The number of aliphatic carboxylic acids is 1. The van der Waals surface area contributed by atoms with Gasteiger partial charge in [-0.2, -0.15) is 13.9 Å². The first-order chi connectivity index (χ1) is 12.8. The van der Waals surface area contributed by atoms with E-state index in [1.165, 1.54) is 12.1 Å². The average Bonchev–Trinajstić information content (AvgIpc) is 3.16. The highest BCUT2D eigenvalue weighted by Gasteiger charge is 2.41. The van der Waals surface area contributed by atoms with Crippen molar-refractivity contribution in [1.82, 2.24) is 9.78 Å². The third-order valence-electron chi connectivity index (χ3n) is 4.50. The van der Waals surface area contributed by atoms with Crippen LogP contribution in [0.1, 0.15) is 16.8 Å². The maximum absolute atomic E-state index is 13.9. The molecule has 0 atom stereocenters. The Morgan fingerprint density at radius 3 is 2.78 bits per heavy atom. The number of carbonyl (C=O) groups is 1. The van der Waals surface area contributed by atoms with Crippen LogP contribution in [0.2, 0.25) is 5.02 Å². The Morgan fingerprint density at radius 1 is 1.26 bits per heavy atom. The zero-order chi connectivity index (χ0) is 19.3. The lowest BCUT2D eigenvalue weighted by atomic mass is 10.1. The molecule has 0 unspecified atom stereocenters. The number of thiophene rings is 1. The van der Waals surface area contributed by atoms with E-state index in [-0.39, 0.29) is 0 Å². The van der Waals surface area contributed by atoms with Crippen molar-refractivity contribution in [2.24, 2.45) is 0 Å². The molecule has 27 heavy (non-hydrogen) atoms. The zero-order valence-electron chi connectivity index (χ0n) is 14.0. The van der Waals surface area contributed by atoms with Gasteiger partial charge in [0.05, 0.1) is 17.8 Å². The molecule has 4 nitrogen and oxygen atoms in total. The molecule has 4 rings (SSSR count). The van der Waals surface area contributed by atoms with Crippen LogP contribution in [-0.4, -0.2) is 20.9 Å². The number of fused-ring (bicyclic) bond motifs is 2. The standard InChI is InChI=1S/C19H13ClF2N2O2S/c1-10-14-4-2-12(19(21,22)18(25)26)6-16(14)24(23-10)8-11-9-27-17-5-3-13(20)7-15(11)17/h2-7,9H,8H2,1H3,(H,25,26). The number of halogens is 3. The maximum Gasteiger partial charge on any atom is 0.379 e. The smallest absolute Gasteiger partial charge is 0.379 e. The van der Waals surface area contributed by atoms with E-state index in [4.69, 9.17) is 16.7 Å². The van der Waals surface area contributed by atoms with Crippen LogP contribution in [0.15, 0.2) is 41.8 Å². The van der Waals surface area contributed by atoms with Crippen molar-refractivity contribution in [3.63, 3.8) is 0 Å². The van der Waals surface area contributed by atoms with Crippen molar-refractivity contribution in [2.75, 3.05) is 0 Å². The van der Waals surface area contributed by atoms with Crippen LogP contribution >= 0.6 is 22.9 Å². The summed E-state index contributed by atoms with van der Waals surface area (Å²) in [7, 11) is 0. The lowest BCUT2D eigenvalue weighted by Gasteiger charge is -2.12. The molecule has 0 spiro atoms. The predicted molar refractivity (Wildman–Crippen MR) is 102 cm³/mol. The summed E-state index contributed by atoms with van der Waals surface area (Å²) >= 11 is 7.66. The number of aromatic nitrogens is 2. The number of benzene rings is 2. The minimum atomic E-state index is -3.96. The van der Waals surface area contributed by atoms with Gasteiger partial charge in [0.15, 0.2) is 0 Å². The maximum atomic E-state index is 13.9. The van der Waals surface area contributed by atoms with Crippen molar-refractivity contribution in [3.05, 3.63) is 63.6 Å². The van der Waals surface area contributed by atoms with Gasteiger partial charge in [0.2, 0.25) is 0 Å². The highest BCUT2D eigenvalue weighted by atomic mass is 35.5.